The molecule has 1 aliphatic rings. The number of nitrogens with zero attached hydrogens (tertiary/aromatic N) is 2. The topological polar surface area (TPSA) is 47.0 Å². The lowest BCUT2D eigenvalue weighted by Gasteiger charge is -2.19. The number of thiophene rings is 1. The van der Waals surface area contributed by atoms with E-state index >= 15 is 0 Å². The van der Waals surface area contributed by atoms with Crippen molar-refractivity contribution in [3.05, 3.63) is 22.0 Å². The molecule has 0 aromatic carbocycles. The second kappa shape index (κ2) is 5.99. The molecular weight excluding hydrogens is 282 g/mol. The summed E-state index contributed by atoms with van der Waals surface area (Å²) in [5.74, 6) is 0.857. The Labute approximate surface area is 129 Å². The summed E-state index contributed by atoms with van der Waals surface area (Å²) in [5, 5.41) is 4.91. The zero-order chi connectivity index (χ0) is 15.0. The fraction of sp³-hybridized carbons (Fsp3) is 0.625. The fourth-order valence-corrected chi connectivity index (χ4v) is 4.58. The van der Waals surface area contributed by atoms with Gasteiger partial charge in [0, 0.05) is 35.7 Å². The maximum atomic E-state index is 5.55. The lowest BCUT2D eigenvalue weighted by Crippen LogP contribution is -2.36. The first-order valence-electron chi connectivity index (χ1n) is 7.59. The minimum atomic E-state index is 0.364. The van der Waals surface area contributed by atoms with Gasteiger partial charge < -0.3 is 10.1 Å². The SMILES string of the molecule is CO[C@@H]1CCC[C@H]1NCc1sc2nc(C)nc(C)c2c1C. The van der Waals surface area contributed by atoms with E-state index in [0.29, 0.717) is 12.1 Å². The highest BCUT2D eigenvalue weighted by molar-refractivity contribution is 7.18. The number of ether oxygens (including phenoxy) is 1. The van der Waals surface area contributed by atoms with E-state index < -0.39 is 0 Å². The Hall–Kier alpha value is -1.04. The molecule has 0 radical (unpaired) electrons. The number of hydrogen-bond donors (Lipinski definition) is 1. The van der Waals surface area contributed by atoms with E-state index in [2.05, 4.69) is 29.1 Å². The van der Waals surface area contributed by atoms with E-state index in [0.717, 1.165) is 22.9 Å². The molecule has 2 heterocycles. The molecule has 1 N–H and O–H groups in total. The van der Waals surface area contributed by atoms with E-state index in [1.165, 1.54) is 35.1 Å². The molecule has 0 bridgehead atoms. The van der Waals surface area contributed by atoms with Gasteiger partial charge in [0.2, 0.25) is 0 Å². The molecule has 114 valence electrons. The lowest BCUT2D eigenvalue weighted by atomic mass is 10.1. The highest BCUT2D eigenvalue weighted by atomic mass is 32.1. The molecule has 3 rings (SSSR count). The van der Waals surface area contributed by atoms with Crippen molar-refractivity contribution >= 4 is 21.6 Å². The van der Waals surface area contributed by atoms with E-state index in [9.17, 15) is 0 Å². The second-order valence-corrected chi connectivity index (χ2v) is 6.96. The third kappa shape index (κ3) is 2.82. The van der Waals surface area contributed by atoms with Crippen LogP contribution in [0.3, 0.4) is 0 Å². The summed E-state index contributed by atoms with van der Waals surface area (Å²) in [6.07, 6.45) is 4.00. The van der Waals surface area contributed by atoms with Gasteiger partial charge in [0.1, 0.15) is 10.7 Å². The zero-order valence-electron chi connectivity index (χ0n) is 13.2. The molecule has 1 saturated carbocycles. The molecule has 2 atom stereocenters. The molecule has 5 heteroatoms. The first-order valence-corrected chi connectivity index (χ1v) is 8.41. The van der Waals surface area contributed by atoms with Crippen molar-refractivity contribution in [2.45, 2.75) is 58.7 Å². The summed E-state index contributed by atoms with van der Waals surface area (Å²) >= 11 is 1.79. The monoisotopic (exact) mass is 305 g/mol. The van der Waals surface area contributed by atoms with Crippen LogP contribution >= 0.6 is 11.3 Å². The quantitative estimate of drug-likeness (QED) is 0.941. The molecule has 1 fully saturated rings. The molecule has 0 amide bonds. The van der Waals surface area contributed by atoms with Gasteiger partial charge in [-0.3, -0.25) is 0 Å². The number of fused-ring (bicyclic) bond motifs is 1. The Bertz CT molecular complexity index is 652. The predicted octanol–water partition coefficient (Wildman–Crippen LogP) is 3.27. The maximum absolute atomic E-state index is 5.55. The first-order chi connectivity index (χ1) is 10.1. The molecule has 0 saturated heterocycles. The Morgan fingerprint density at radius 2 is 2.05 bits per heavy atom. The lowest BCUT2D eigenvalue weighted by molar-refractivity contribution is 0.0848. The van der Waals surface area contributed by atoms with Crippen LogP contribution in [-0.4, -0.2) is 29.2 Å². The average molecular weight is 305 g/mol. The molecule has 0 unspecified atom stereocenters. The van der Waals surface area contributed by atoms with E-state index in [-0.39, 0.29) is 0 Å². The minimum Gasteiger partial charge on any atom is -0.380 e. The highest BCUT2D eigenvalue weighted by Gasteiger charge is 2.26. The average Bonchev–Trinajstić information content (AvgIpc) is 3.00. The third-order valence-electron chi connectivity index (χ3n) is 4.46. The van der Waals surface area contributed by atoms with Gasteiger partial charge in [0.15, 0.2) is 0 Å². The highest BCUT2D eigenvalue weighted by Crippen LogP contribution is 2.31. The number of rotatable bonds is 4. The van der Waals surface area contributed by atoms with Gasteiger partial charge in [-0.2, -0.15) is 0 Å². The maximum Gasteiger partial charge on any atom is 0.127 e. The Balaban J connectivity index is 1.81. The normalized spacial score (nSPS) is 22.3. The molecule has 0 spiro atoms. The molecule has 0 aliphatic heterocycles. The van der Waals surface area contributed by atoms with Crippen molar-refractivity contribution in [3.8, 4) is 0 Å². The second-order valence-electron chi connectivity index (χ2n) is 5.88. The van der Waals surface area contributed by atoms with E-state index in [4.69, 9.17) is 4.74 Å². The summed E-state index contributed by atoms with van der Waals surface area (Å²) < 4.78 is 5.55. The number of nitrogens with one attached hydrogen (secondary N) is 1. The summed E-state index contributed by atoms with van der Waals surface area (Å²) in [6, 6.07) is 0.480. The van der Waals surface area contributed by atoms with Crippen LogP contribution in [0.15, 0.2) is 0 Å². The van der Waals surface area contributed by atoms with Crippen molar-refractivity contribution in [2.24, 2.45) is 0 Å². The van der Waals surface area contributed by atoms with Gasteiger partial charge in [-0.25, -0.2) is 9.97 Å². The summed E-state index contributed by atoms with van der Waals surface area (Å²) in [5.41, 5.74) is 2.42. The zero-order valence-corrected chi connectivity index (χ0v) is 14.0. The van der Waals surface area contributed by atoms with Crippen LogP contribution in [0, 0.1) is 20.8 Å². The van der Waals surface area contributed by atoms with Crippen LogP contribution in [0.2, 0.25) is 0 Å². The fourth-order valence-electron chi connectivity index (χ4n) is 3.35. The van der Waals surface area contributed by atoms with Crippen LogP contribution in [0.5, 0.6) is 0 Å². The van der Waals surface area contributed by atoms with Crippen LogP contribution < -0.4 is 5.32 Å². The molecular formula is C16H23N3OS. The van der Waals surface area contributed by atoms with Crippen LogP contribution in [0.25, 0.3) is 10.2 Å². The van der Waals surface area contributed by atoms with Gasteiger partial charge in [-0.05, 0) is 45.6 Å². The molecule has 2 aromatic rings. The minimum absolute atomic E-state index is 0.364. The molecule has 2 aromatic heterocycles. The first kappa shape index (κ1) is 14.9. The van der Waals surface area contributed by atoms with Crippen molar-refractivity contribution < 1.29 is 4.74 Å². The number of aryl methyl sites for hydroxylation is 3. The molecule has 4 nitrogen and oxygen atoms in total. The van der Waals surface area contributed by atoms with Crippen molar-refractivity contribution in [1.29, 1.82) is 0 Å². The Morgan fingerprint density at radius 1 is 1.24 bits per heavy atom. The van der Waals surface area contributed by atoms with Gasteiger partial charge in [-0.15, -0.1) is 11.3 Å². The van der Waals surface area contributed by atoms with Crippen LogP contribution in [-0.2, 0) is 11.3 Å². The van der Waals surface area contributed by atoms with Crippen molar-refractivity contribution in [1.82, 2.24) is 15.3 Å². The number of hydrogen-bond acceptors (Lipinski definition) is 5. The summed E-state index contributed by atoms with van der Waals surface area (Å²) in [6.45, 7) is 7.12. The van der Waals surface area contributed by atoms with Gasteiger partial charge in [0.05, 0.1) is 6.10 Å². The number of methoxy groups -OCH3 is 1. The third-order valence-corrected chi connectivity index (χ3v) is 5.65. The Morgan fingerprint density at radius 3 is 2.81 bits per heavy atom. The Kier molecular flexibility index (Phi) is 4.24. The van der Waals surface area contributed by atoms with E-state index in [1.807, 2.05) is 14.0 Å². The standard InChI is InChI=1S/C16H23N3OS/c1-9-14(8-17-12-6-5-7-13(12)20-4)21-16-15(9)10(2)18-11(3)19-16/h12-13,17H,5-8H2,1-4H3/t12-,13-/m1/s1. The van der Waals surface area contributed by atoms with Crippen LogP contribution in [0.4, 0.5) is 0 Å². The summed E-state index contributed by atoms with van der Waals surface area (Å²) in [7, 11) is 1.82. The molecule has 21 heavy (non-hydrogen) atoms. The summed E-state index contributed by atoms with van der Waals surface area (Å²) in [4.78, 5) is 11.6. The van der Waals surface area contributed by atoms with E-state index in [1.54, 1.807) is 11.3 Å². The van der Waals surface area contributed by atoms with Crippen molar-refractivity contribution in [3.63, 3.8) is 0 Å². The van der Waals surface area contributed by atoms with Crippen LogP contribution in [0.1, 0.15) is 41.2 Å². The smallest absolute Gasteiger partial charge is 0.127 e. The van der Waals surface area contributed by atoms with Gasteiger partial charge in [0.25, 0.3) is 0 Å². The van der Waals surface area contributed by atoms with Gasteiger partial charge in [-0.1, -0.05) is 0 Å². The number of aromatic nitrogens is 2. The largest absolute Gasteiger partial charge is 0.380 e. The van der Waals surface area contributed by atoms with Crippen molar-refractivity contribution in [2.75, 3.05) is 7.11 Å². The molecule has 1 aliphatic carbocycles. The predicted molar refractivity (Wildman–Crippen MR) is 86.9 cm³/mol. The van der Waals surface area contributed by atoms with Gasteiger partial charge >= 0.3 is 0 Å².